The molecule has 1 aromatic heterocycles. The number of benzene rings is 2. The molecule has 0 unspecified atom stereocenters. The molecule has 0 saturated heterocycles. The van der Waals surface area contributed by atoms with Gasteiger partial charge in [0.2, 0.25) is 0 Å². The van der Waals surface area contributed by atoms with Crippen LogP contribution in [0.25, 0.3) is 5.69 Å². The fourth-order valence-corrected chi connectivity index (χ4v) is 4.98. The highest BCUT2D eigenvalue weighted by Gasteiger charge is 2.12. The highest BCUT2D eigenvalue weighted by atomic mass is 32.2. The van der Waals surface area contributed by atoms with E-state index in [1.54, 1.807) is 21.3 Å². The number of carbonyl (C=O) groups excluding carboxylic acids is 1. The molecule has 0 saturated carbocycles. The molecule has 0 aliphatic rings. The van der Waals surface area contributed by atoms with Crippen LogP contribution in [0, 0.1) is 3.95 Å². The van der Waals surface area contributed by atoms with E-state index in [0.717, 1.165) is 35.2 Å². The van der Waals surface area contributed by atoms with Gasteiger partial charge < -0.3 is 4.90 Å². The summed E-state index contributed by atoms with van der Waals surface area (Å²) >= 11 is 8.68. The van der Waals surface area contributed by atoms with Crippen LogP contribution in [0.15, 0.2) is 58.9 Å². The van der Waals surface area contributed by atoms with Gasteiger partial charge in [0, 0.05) is 24.9 Å². The van der Waals surface area contributed by atoms with E-state index in [1.165, 1.54) is 16.9 Å². The second kappa shape index (κ2) is 10.0. The first-order valence-electron chi connectivity index (χ1n) is 9.21. The highest BCUT2D eigenvalue weighted by Crippen LogP contribution is 2.27. The summed E-state index contributed by atoms with van der Waals surface area (Å²) in [7, 11) is 1.85. The van der Waals surface area contributed by atoms with E-state index >= 15 is 0 Å². The van der Waals surface area contributed by atoms with Gasteiger partial charge >= 0.3 is 0 Å². The molecule has 0 radical (unpaired) electrons. The van der Waals surface area contributed by atoms with Crippen LogP contribution >= 0.6 is 35.3 Å². The minimum absolute atomic E-state index is 0.0426. The first kappa shape index (κ1) is 20.8. The predicted octanol–water partition coefficient (Wildman–Crippen LogP) is 5.83. The van der Waals surface area contributed by atoms with Crippen molar-refractivity contribution in [3.05, 3.63) is 69.7 Å². The lowest BCUT2D eigenvalue weighted by atomic mass is 10.2. The van der Waals surface area contributed by atoms with Gasteiger partial charge in [0.05, 0.1) is 5.69 Å². The molecule has 146 valence electrons. The third kappa shape index (κ3) is 5.31. The van der Waals surface area contributed by atoms with Crippen molar-refractivity contribution in [3.8, 4) is 5.69 Å². The van der Waals surface area contributed by atoms with Gasteiger partial charge in [0.1, 0.15) is 0 Å². The molecule has 1 heterocycles. The molecule has 3 rings (SSSR count). The Morgan fingerprint density at radius 1 is 1.18 bits per heavy atom. The Morgan fingerprint density at radius 2 is 1.89 bits per heavy atom. The summed E-state index contributed by atoms with van der Waals surface area (Å²) in [5, 5.41) is 4.64. The van der Waals surface area contributed by atoms with Gasteiger partial charge in [-0.05, 0) is 48.5 Å². The predicted molar refractivity (Wildman–Crippen MR) is 120 cm³/mol. The monoisotopic (exact) mass is 429 g/mol. The maximum absolute atomic E-state index is 12.5. The van der Waals surface area contributed by atoms with Crippen LogP contribution in [-0.2, 0) is 5.75 Å². The fourth-order valence-electron chi connectivity index (χ4n) is 2.66. The van der Waals surface area contributed by atoms with Crippen molar-refractivity contribution < 1.29 is 4.79 Å². The summed E-state index contributed by atoms with van der Waals surface area (Å²) in [5.74, 6) is 0.904. The van der Waals surface area contributed by atoms with E-state index in [-0.39, 0.29) is 5.91 Å². The lowest BCUT2D eigenvalue weighted by Crippen LogP contribution is -2.27. The van der Waals surface area contributed by atoms with Crippen molar-refractivity contribution in [3.63, 3.8) is 0 Å². The number of carbonyl (C=O) groups is 1. The van der Waals surface area contributed by atoms with Crippen molar-refractivity contribution in [1.82, 2.24) is 14.7 Å². The molecule has 0 bridgehead atoms. The Hall–Kier alpha value is -1.96. The van der Waals surface area contributed by atoms with Gasteiger partial charge in [-0.1, -0.05) is 66.8 Å². The normalized spacial score (nSPS) is 10.8. The van der Waals surface area contributed by atoms with Crippen LogP contribution in [0.5, 0.6) is 0 Å². The Labute approximate surface area is 179 Å². The Morgan fingerprint density at radius 3 is 2.57 bits per heavy atom. The largest absolute Gasteiger partial charge is 0.342 e. The summed E-state index contributed by atoms with van der Waals surface area (Å²) in [4.78, 5) is 14.2. The van der Waals surface area contributed by atoms with Crippen LogP contribution < -0.4 is 0 Å². The number of aromatic nitrogens is 2. The Kier molecular flexibility index (Phi) is 7.42. The van der Waals surface area contributed by atoms with Gasteiger partial charge in [-0.2, -0.15) is 0 Å². The smallest absolute Gasteiger partial charge is 0.253 e. The number of amides is 1. The third-order valence-corrected chi connectivity index (χ3v) is 6.72. The maximum atomic E-state index is 12.5. The molecule has 4 nitrogen and oxygen atoms in total. The van der Waals surface area contributed by atoms with Crippen molar-refractivity contribution in [1.29, 1.82) is 0 Å². The van der Waals surface area contributed by atoms with E-state index in [9.17, 15) is 4.79 Å². The first-order chi connectivity index (χ1) is 13.6. The Balaban J connectivity index is 1.69. The summed E-state index contributed by atoms with van der Waals surface area (Å²) in [6.45, 7) is 2.90. The zero-order valence-corrected chi connectivity index (χ0v) is 18.4. The molecule has 28 heavy (non-hydrogen) atoms. The molecular formula is C21H23N3OS3. The van der Waals surface area contributed by atoms with Crippen molar-refractivity contribution >= 4 is 41.2 Å². The lowest BCUT2D eigenvalue weighted by Gasteiger charge is -2.16. The zero-order valence-electron chi connectivity index (χ0n) is 16.0. The lowest BCUT2D eigenvalue weighted by molar-refractivity contribution is 0.0793. The molecule has 3 aromatic rings. The third-order valence-electron chi connectivity index (χ3n) is 4.29. The van der Waals surface area contributed by atoms with Crippen LogP contribution in [0.2, 0.25) is 0 Å². The zero-order chi connectivity index (χ0) is 19.9. The maximum Gasteiger partial charge on any atom is 0.253 e. The van der Waals surface area contributed by atoms with Gasteiger partial charge in [-0.15, -0.1) is 5.10 Å². The van der Waals surface area contributed by atoms with Crippen LogP contribution in [0.4, 0.5) is 0 Å². The second-order valence-corrected chi connectivity index (χ2v) is 9.29. The minimum atomic E-state index is 0.0426. The number of hydrogen-bond acceptors (Lipinski definition) is 5. The van der Waals surface area contributed by atoms with Gasteiger partial charge in [0.25, 0.3) is 5.91 Å². The first-order valence-corrected chi connectivity index (χ1v) is 11.4. The number of nitrogens with zero attached hydrogens (tertiary/aromatic N) is 3. The molecule has 0 atom stereocenters. The molecule has 0 spiro atoms. The molecule has 1 amide bonds. The van der Waals surface area contributed by atoms with E-state index in [0.29, 0.717) is 9.52 Å². The Bertz CT molecular complexity index is 965. The SMILES string of the molecule is CCCCN(C)C(=O)c1ccc(-n2nc(SCc3ccccc3)sc2=S)cc1. The summed E-state index contributed by atoms with van der Waals surface area (Å²) in [5.41, 5.74) is 2.82. The van der Waals surface area contributed by atoms with Crippen molar-refractivity contribution in [2.45, 2.75) is 29.9 Å². The van der Waals surface area contributed by atoms with Crippen LogP contribution in [-0.4, -0.2) is 34.2 Å². The van der Waals surface area contributed by atoms with E-state index in [4.69, 9.17) is 12.2 Å². The second-order valence-electron chi connectivity index (χ2n) is 6.45. The van der Waals surface area contributed by atoms with E-state index in [2.05, 4.69) is 24.2 Å². The molecule has 7 heteroatoms. The standard InChI is InChI=1S/C21H23N3OS3/c1-3-4-14-23(2)19(25)17-10-12-18(13-11-17)24-21(26)28-20(22-24)27-15-16-8-6-5-7-9-16/h5-13H,3-4,14-15H2,1-2H3. The van der Waals surface area contributed by atoms with E-state index in [1.807, 2.05) is 49.5 Å². The van der Waals surface area contributed by atoms with Crippen molar-refractivity contribution in [2.75, 3.05) is 13.6 Å². The average molecular weight is 430 g/mol. The number of thioether (sulfide) groups is 1. The molecule has 0 aliphatic carbocycles. The molecular weight excluding hydrogens is 406 g/mol. The summed E-state index contributed by atoms with van der Waals surface area (Å²) in [6.07, 6.45) is 2.08. The molecule has 0 aliphatic heterocycles. The van der Waals surface area contributed by atoms with Gasteiger partial charge in [-0.25, -0.2) is 4.68 Å². The number of rotatable bonds is 8. The van der Waals surface area contributed by atoms with Gasteiger partial charge in [0.15, 0.2) is 8.29 Å². The van der Waals surface area contributed by atoms with Gasteiger partial charge in [-0.3, -0.25) is 4.79 Å². The minimum Gasteiger partial charge on any atom is -0.342 e. The number of hydrogen-bond donors (Lipinski definition) is 0. The quantitative estimate of drug-likeness (QED) is 0.334. The topological polar surface area (TPSA) is 38.1 Å². The molecule has 2 aromatic carbocycles. The van der Waals surface area contributed by atoms with Crippen molar-refractivity contribution in [2.24, 2.45) is 0 Å². The summed E-state index contributed by atoms with van der Waals surface area (Å²) in [6, 6.07) is 17.8. The summed E-state index contributed by atoms with van der Waals surface area (Å²) < 4.78 is 3.41. The molecule has 0 fully saturated rings. The number of unbranched alkanes of at least 4 members (excludes halogenated alkanes) is 1. The average Bonchev–Trinajstić information content (AvgIpc) is 3.11. The molecule has 0 N–H and O–H groups in total. The fraction of sp³-hybridized carbons (Fsp3) is 0.286. The van der Waals surface area contributed by atoms with Crippen LogP contribution in [0.3, 0.4) is 0 Å². The van der Waals surface area contributed by atoms with E-state index < -0.39 is 0 Å². The highest BCUT2D eigenvalue weighted by molar-refractivity contribution is 8.00. The van der Waals surface area contributed by atoms with Crippen LogP contribution in [0.1, 0.15) is 35.7 Å².